The highest BCUT2D eigenvalue weighted by atomic mass is 15.2. The molecule has 1 aromatic heterocycles. The molecule has 2 rings (SSSR count). The highest BCUT2D eigenvalue weighted by molar-refractivity contribution is 5.31. The molecule has 0 atom stereocenters. The molecule has 0 amide bonds. The van der Waals surface area contributed by atoms with Gasteiger partial charge in [-0.15, -0.1) is 0 Å². The van der Waals surface area contributed by atoms with Crippen molar-refractivity contribution in [2.45, 2.75) is 58.0 Å². The van der Waals surface area contributed by atoms with Crippen molar-refractivity contribution in [1.29, 1.82) is 0 Å². The maximum absolute atomic E-state index is 4.40. The second kappa shape index (κ2) is 3.87. The fraction of sp³-hybridized carbons (Fsp3) is 0.750. The minimum atomic E-state index is 0.262. The lowest BCUT2D eigenvalue weighted by atomic mass is 10.0. The molecule has 1 aromatic rings. The third-order valence-corrected chi connectivity index (χ3v) is 3.35. The summed E-state index contributed by atoms with van der Waals surface area (Å²) < 4.78 is 2.20. The first-order valence-corrected chi connectivity index (χ1v) is 5.92. The van der Waals surface area contributed by atoms with Crippen molar-refractivity contribution in [3.05, 3.63) is 12.4 Å². The zero-order chi connectivity index (χ0) is 10.9. The molecule has 1 aliphatic rings. The summed E-state index contributed by atoms with van der Waals surface area (Å²) in [7, 11) is 0. The Hall–Kier alpha value is -0.990. The van der Waals surface area contributed by atoms with Gasteiger partial charge in [0.25, 0.3) is 0 Å². The standard InChI is InChI=1S/C12H21N3/c1-10(2)15-9-8-13-11(15)14-12(3)6-4-5-7-12/h8-10H,4-7H2,1-3H3,(H,13,14). The summed E-state index contributed by atoms with van der Waals surface area (Å²) in [5.41, 5.74) is 0.262. The van der Waals surface area contributed by atoms with Crippen molar-refractivity contribution in [1.82, 2.24) is 9.55 Å². The Kier molecular flexibility index (Phi) is 2.72. The molecular formula is C12H21N3. The van der Waals surface area contributed by atoms with E-state index in [1.807, 2.05) is 12.4 Å². The Balaban J connectivity index is 2.13. The third-order valence-electron chi connectivity index (χ3n) is 3.35. The maximum Gasteiger partial charge on any atom is 0.203 e. The summed E-state index contributed by atoms with van der Waals surface area (Å²) in [6, 6.07) is 0.472. The molecule has 0 aromatic carbocycles. The number of anilines is 1. The SMILES string of the molecule is CC(C)n1ccnc1NC1(C)CCCC1. The number of imidazole rings is 1. The summed E-state index contributed by atoms with van der Waals surface area (Å²) in [6.45, 7) is 6.67. The summed E-state index contributed by atoms with van der Waals surface area (Å²) in [4.78, 5) is 4.40. The summed E-state index contributed by atoms with van der Waals surface area (Å²) in [5, 5.41) is 3.60. The van der Waals surface area contributed by atoms with Gasteiger partial charge in [-0.05, 0) is 33.6 Å². The van der Waals surface area contributed by atoms with Gasteiger partial charge < -0.3 is 9.88 Å². The van der Waals surface area contributed by atoms with E-state index in [0.717, 1.165) is 5.95 Å². The van der Waals surface area contributed by atoms with Crippen molar-refractivity contribution >= 4 is 5.95 Å². The molecule has 0 unspecified atom stereocenters. The Labute approximate surface area is 91.9 Å². The van der Waals surface area contributed by atoms with Gasteiger partial charge in [0.05, 0.1) is 0 Å². The average Bonchev–Trinajstić information content (AvgIpc) is 2.75. The highest BCUT2D eigenvalue weighted by Crippen LogP contribution is 2.32. The average molecular weight is 207 g/mol. The maximum atomic E-state index is 4.40. The topological polar surface area (TPSA) is 29.9 Å². The van der Waals surface area contributed by atoms with Gasteiger partial charge in [0.1, 0.15) is 0 Å². The van der Waals surface area contributed by atoms with Crippen LogP contribution in [0.15, 0.2) is 12.4 Å². The van der Waals surface area contributed by atoms with E-state index >= 15 is 0 Å². The zero-order valence-electron chi connectivity index (χ0n) is 9.95. The first-order valence-electron chi connectivity index (χ1n) is 5.92. The van der Waals surface area contributed by atoms with Crippen molar-refractivity contribution in [3.63, 3.8) is 0 Å². The van der Waals surface area contributed by atoms with Gasteiger partial charge in [-0.25, -0.2) is 4.98 Å². The number of hydrogen-bond donors (Lipinski definition) is 1. The van der Waals surface area contributed by atoms with Crippen LogP contribution < -0.4 is 5.32 Å². The van der Waals surface area contributed by atoms with Gasteiger partial charge in [-0.3, -0.25) is 0 Å². The molecule has 1 N–H and O–H groups in total. The van der Waals surface area contributed by atoms with Gasteiger partial charge in [-0.2, -0.15) is 0 Å². The summed E-state index contributed by atoms with van der Waals surface area (Å²) in [5.74, 6) is 1.02. The monoisotopic (exact) mass is 207 g/mol. The van der Waals surface area contributed by atoms with Crippen LogP contribution in [0.1, 0.15) is 52.5 Å². The molecule has 1 fully saturated rings. The van der Waals surface area contributed by atoms with Crippen LogP contribution in [0.2, 0.25) is 0 Å². The van der Waals surface area contributed by atoms with Gasteiger partial charge in [-0.1, -0.05) is 12.8 Å². The number of rotatable bonds is 3. The fourth-order valence-electron chi connectivity index (χ4n) is 2.38. The van der Waals surface area contributed by atoms with Crippen molar-refractivity contribution in [2.24, 2.45) is 0 Å². The van der Waals surface area contributed by atoms with Crippen LogP contribution in [0, 0.1) is 0 Å². The minimum Gasteiger partial charge on any atom is -0.350 e. The second-order valence-corrected chi connectivity index (χ2v) is 5.14. The molecule has 0 radical (unpaired) electrons. The zero-order valence-corrected chi connectivity index (χ0v) is 9.95. The second-order valence-electron chi connectivity index (χ2n) is 5.14. The van der Waals surface area contributed by atoms with Crippen LogP contribution in [0.4, 0.5) is 5.95 Å². The fourth-order valence-corrected chi connectivity index (χ4v) is 2.38. The molecule has 0 spiro atoms. The van der Waals surface area contributed by atoms with Crippen LogP contribution in [-0.2, 0) is 0 Å². The van der Waals surface area contributed by atoms with Crippen LogP contribution in [-0.4, -0.2) is 15.1 Å². The van der Waals surface area contributed by atoms with Crippen LogP contribution in [0.5, 0.6) is 0 Å². The summed E-state index contributed by atoms with van der Waals surface area (Å²) in [6.07, 6.45) is 9.12. The molecule has 1 aliphatic carbocycles. The number of aromatic nitrogens is 2. The van der Waals surface area contributed by atoms with E-state index in [9.17, 15) is 0 Å². The van der Waals surface area contributed by atoms with Crippen molar-refractivity contribution in [3.8, 4) is 0 Å². The predicted octanol–water partition coefficient (Wildman–Crippen LogP) is 3.21. The lowest BCUT2D eigenvalue weighted by Crippen LogP contribution is -2.32. The van der Waals surface area contributed by atoms with Crippen LogP contribution in [0.25, 0.3) is 0 Å². The van der Waals surface area contributed by atoms with E-state index in [0.29, 0.717) is 6.04 Å². The number of nitrogens with zero attached hydrogens (tertiary/aromatic N) is 2. The van der Waals surface area contributed by atoms with Crippen molar-refractivity contribution in [2.75, 3.05) is 5.32 Å². The predicted molar refractivity (Wildman–Crippen MR) is 63.1 cm³/mol. The minimum absolute atomic E-state index is 0.262. The first-order chi connectivity index (χ1) is 7.11. The molecule has 1 heterocycles. The van der Waals surface area contributed by atoms with E-state index in [2.05, 4.69) is 35.6 Å². The van der Waals surface area contributed by atoms with Gasteiger partial charge in [0.2, 0.25) is 5.95 Å². The third kappa shape index (κ3) is 2.16. The van der Waals surface area contributed by atoms with Crippen LogP contribution >= 0.6 is 0 Å². The summed E-state index contributed by atoms with van der Waals surface area (Å²) >= 11 is 0. The lowest BCUT2D eigenvalue weighted by Gasteiger charge is -2.27. The van der Waals surface area contributed by atoms with Gasteiger partial charge in [0.15, 0.2) is 0 Å². The van der Waals surface area contributed by atoms with Crippen molar-refractivity contribution < 1.29 is 0 Å². The molecular weight excluding hydrogens is 186 g/mol. The van der Waals surface area contributed by atoms with E-state index in [-0.39, 0.29) is 5.54 Å². The Bertz CT molecular complexity index is 321. The molecule has 0 bridgehead atoms. The quantitative estimate of drug-likeness (QED) is 0.824. The van der Waals surface area contributed by atoms with E-state index in [1.165, 1.54) is 25.7 Å². The van der Waals surface area contributed by atoms with E-state index in [4.69, 9.17) is 0 Å². The number of nitrogens with one attached hydrogen (secondary N) is 1. The smallest absolute Gasteiger partial charge is 0.203 e. The molecule has 3 nitrogen and oxygen atoms in total. The van der Waals surface area contributed by atoms with E-state index in [1.54, 1.807) is 0 Å². The Morgan fingerprint density at radius 3 is 2.67 bits per heavy atom. The number of hydrogen-bond acceptors (Lipinski definition) is 2. The largest absolute Gasteiger partial charge is 0.350 e. The normalized spacial score (nSPS) is 19.7. The van der Waals surface area contributed by atoms with Gasteiger partial charge in [0, 0.05) is 24.0 Å². The Morgan fingerprint density at radius 1 is 1.40 bits per heavy atom. The molecule has 1 saturated carbocycles. The molecule has 15 heavy (non-hydrogen) atoms. The first kappa shape index (κ1) is 10.5. The van der Waals surface area contributed by atoms with Gasteiger partial charge >= 0.3 is 0 Å². The molecule has 84 valence electrons. The Morgan fingerprint density at radius 2 is 2.07 bits per heavy atom. The highest BCUT2D eigenvalue weighted by Gasteiger charge is 2.29. The van der Waals surface area contributed by atoms with E-state index < -0.39 is 0 Å². The molecule has 3 heteroatoms. The molecule has 0 aliphatic heterocycles. The van der Waals surface area contributed by atoms with Crippen LogP contribution in [0.3, 0.4) is 0 Å². The lowest BCUT2D eigenvalue weighted by molar-refractivity contribution is 0.513. The molecule has 0 saturated heterocycles.